The number of hydrogen-bond donors (Lipinski definition) is 1. The van der Waals surface area contributed by atoms with E-state index in [0.29, 0.717) is 28.8 Å². The molecule has 0 bridgehead atoms. The predicted octanol–water partition coefficient (Wildman–Crippen LogP) is 2.30. The number of amides is 2. The van der Waals surface area contributed by atoms with Crippen LogP contribution in [0.2, 0.25) is 0 Å². The van der Waals surface area contributed by atoms with Gasteiger partial charge < -0.3 is 10.2 Å². The van der Waals surface area contributed by atoms with Gasteiger partial charge in [0.2, 0.25) is 21.8 Å². The number of piperazine rings is 1. The van der Waals surface area contributed by atoms with Gasteiger partial charge in [0.05, 0.1) is 17.0 Å². The lowest BCUT2D eigenvalue weighted by Gasteiger charge is -2.34. The molecule has 172 valence electrons. The zero-order chi connectivity index (χ0) is 22.9. The first-order valence-corrected chi connectivity index (χ1v) is 13.2. The number of thiazole rings is 1. The lowest BCUT2D eigenvalue weighted by atomic mass is 10.1. The second-order valence-electron chi connectivity index (χ2n) is 8.53. The summed E-state index contributed by atoms with van der Waals surface area (Å²) in [6.45, 7) is 4.86. The van der Waals surface area contributed by atoms with Crippen LogP contribution >= 0.6 is 11.3 Å². The molecule has 0 atom stereocenters. The molecule has 1 aromatic heterocycles. The van der Waals surface area contributed by atoms with Crippen LogP contribution in [0.25, 0.3) is 0 Å². The van der Waals surface area contributed by atoms with E-state index in [0.717, 1.165) is 24.8 Å². The van der Waals surface area contributed by atoms with Crippen molar-refractivity contribution in [2.45, 2.75) is 44.4 Å². The molecule has 2 amide bonds. The van der Waals surface area contributed by atoms with Gasteiger partial charge in [-0.3, -0.25) is 9.59 Å². The summed E-state index contributed by atoms with van der Waals surface area (Å²) in [6.07, 6.45) is 3.15. The molecule has 8 nitrogen and oxygen atoms in total. The van der Waals surface area contributed by atoms with Crippen LogP contribution in [0.15, 0.2) is 28.5 Å². The van der Waals surface area contributed by atoms with Crippen LogP contribution in [0.5, 0.6) is 0 Å². The molecule has 0 unspecified atom stereocenters. The minimum Gasteiger partial charge on any atom is -0.340 e. The van der Waals surface area contributed by atoms with Crippen molar-refractivity contribution in [1.29, 1.82) is 0 Å². The average Bonchev–Trinajstić information content (AvgIpc) is 3.42. The monoisotopic (exact) mass is 476 g/mol. The van der Waals surface area contributed by atoms with Crippen molar-refractivity contribution in [3.05, 3.63) is 40.4 Å². The van der Waals surface area contributed by atoms with Crippen LogP contribution in [0.3, 0.4) is 0 Å². The number of aryl methyl sites for hydroxylation is 2. The minimum atomic E-state index is -3.56. The number of anilines is 1. The fraction of sp³-hybridized carbons (Fsp3) is 0.500. The van der Waals surface area contributed by atoms with Gasteiger partial charge in [-0.15, -0.1) is 11.3 Å². The van der Waals surface area contributed by atoms with E-state index in [4.69, 9.17) is 0 Å². The summed E-state index contributed by atoms with van der Waals surface area (Å²) < 4.78 is 27.6. The van der Waals surface area contributed by atoms with E-state index in [9.17, 15) is 18.0 Å². The number of aromatic nitrogens is 1. The number of carbonyl (C=O) groups is 2. The van der Waals surface area contributed by atoms with E-state index in [1.807, 2.05) is 12.1 Å². The van der Waals surface area contributed by atoms with Gasteiger partial charge in [-0.25, -0.2) is 13.4 Å². The van der Waals surface area contributed by atoms with E-state index < -0.39 is 10.0 Å². The molecule has 1 fully saturated rings. The lowest BCUT2D eigenvalue weighted by Crippen LogP contribution is -2.50. The summed E-state index contributed by atoms with van der Waals surface area (Å²) in [5, 5.41) is 4.99. The molecule has 2 aliphatic rings. The summed E-state index contributed by atoms with van der Waals surface area (Å²) >= 11 is 1.29. The van der Waals surface area contributed by atoms with Gasteiger partial charge >= 0.3 is 0 Å². The van der Waals surface area contributed by atoms with Crippen LogP contribution in [0, 0.1) is 5.92 Å². The standard InChI is InChI=1S/C22H28N4O4S2/c1-15(2)21(28)24-22-23-18(14-31-22)13-20(27)25-8-10-26(11-9-25)32(29,30)19-7-6-16-4-3-5-17(16)12-19/h6-7,12,14-15H,3-5,8-11,13H2,1-2H3,(H,23,24,28). The number of nitrogens with one attached hydrogen (secondary N) is 1. The molecule has 1 saturated heterocycles. The van der Waals surface area contributed by atoms with E-state index >= 15 is 0 Å². The smallest absolute Gasteiger partial charge is 0.243 e. The fourth-order valence-electron chi connectivity index (χ4n) is 4.00. The Morgan fingerprint density at radius 2 is 1.84 bits per heavy atom. The molecule has 0 radical (unpaired) electrons. The molecule has 1 aliphatic carbocycles. The third kappa shape index (κ3) is 4.87. The molecule has 1 N–H and O–H groups in total. The van der Waals surface area contributed by atoms with Gasteiger partial charge in [0.15, 0.2) is 5.13 Å². The molecule has 4 rings (SSSR count). The third-order valence-corrected chi connectivity index (χ3v) is 8.64. The summed E-state index contributed by atoms with van der Waals surface area (Å²) in [7, 11) is -3.56. The Kier molecular flexibility index (Phi) is 6.64. The highest BCUT2D eigenvalue weighted by atomic mass is 32.2. The first-order chi connectivity index (χ1) is 15.2. The highest BCUT2D eigenvalue weighted by Gasteiger charge is 2.31. The Morgan fingerprint density at radius 1 is 1.12 bits per heavy atom. The SMILES string of the molecule is CC(C)C(=O)Nc1nc(CC(=O)N2CCN(S(=O)(=O)c3ccc4c(c3)CCC4)CC2)cs1. The van der Waals surface area contributed by atoms with Crippen molar-refractivity contribution in [3.63, 3.8) is 0 Å². The Balaban J connectivity index is 1.33. The second kappa shape index (κ2) is 9.29. The molecule has 1 aromatic carbocycles. The Labute approximate surface area is 192 Å². The number of benzene rings is 1. The summed E-state index contributed by atoms with van der Waals surface area (Å²) in [5.41, 5.74) is 2.98. The molecule has 32 heavy (non-hydrogen) atoms. The van der Waals surface area contributed by atoms with Crippen LogP contribution < -0.4 is 5.32 Å². The maximum absolute atomic E-state index is 13.1. The van der Waals surface area contributed by atoms with E-state index in [1.54, 1.807) is 30.2 Å². The van der Waals surface area contributed by atoms with Gasteiger partial charge in [-0.05, 0) is 42.5 Å². The normalized spacial score (nSPS) is 16.9. The molecule has 10 heteroatoms. The molecule has 0 saturated carbocycles. The number of hydrogen-bond acceptors (Lipinski definition) is 6. The molecular formula is C22H28N4O4S2. The van der Waals surface area contributed by atoms with E-state index in [-0.39, 0.29) is 37.2 Å². The molecular weight excluding hydrogens is 448 g/mol. The van der Waals surface area contributed by atoms with Crippen molar-refractivity contribution in [2.75, 3.05) is 31.5 Å². The minimum absolute atomic E-state index is 0.0911. The number of nitrogens with zero attached hydrogens (tertiary/aromatic N) is 3. The maximum atomic E-state index is 13.1. The van der Waals surface area contributed by atoms with Crippen LogP contribution in [0.1, 0.15) is 37.1 Å². The van der Waals surface area contributed by atoms with E-state index in [1.165, 1.54) is 21.2 Å². The predicted molar refractivity (Wildman–Crippen MR) is 123 cm³/mol. The van der Waals surface area contributed by atoms with Crippen molar-refractivity contribution < 1.29 is 18.0 Å². The molecule has 2 heterocycles. The maximum Gasteiger partial charge on any atom is 0.243 e. The fourth-order valence-corrected chi connectivity index (χ4v) is 6.18. The van der Waals surface area contributed by atoms with E-state index in [2.05, 4.69) is 10.3 Å². The van der Waals surface area contributed by atoms with Crippen molar-refractivity contribution >= 4 is 38.3 Å². The van der Waals surface area contributed by atoms with Crippen molar-refractivity contribution in [3.8, 4) is 0 Å². The van der Waals surface area contributed by atoms with Gasteiger partial charge in [-0.2, -0.15) is 4.31 Å². The molecule has 1 aliphatic heterocycles. The average molecular weight is 477 g/mol. The largest absolute Gasteiger partial charge is 0.340 e. The number of sulfonamides is 1. The van der Waals surface area contributed by atoms with Gasteiger partial charge in [-0.1, -0.05) is 19.9 Å². The topological polar surface area (TPSA) is 99.7 Å². The first-order valence-electron chi connectivity index (χ1n) is 10.9. The highest BCUT2D eigenvalue weighted by molar-refractivity contribution is 7.89. The summed E-state index contributed by atoms with van der Waals surface area (Å²) in [5.74, 6) is -0.349. The zero-order valence-electron chi connectivity index (χ0n) is 18.3. The van der Waals surface area contributed by atoms with Gasteiger partial charge in [0.25, 0.3) is 0 Å². The lowest BCUT2D eigenvalue weighted by molar-refractivity contribution is -0.131. The number of rotatable bonds is 6. The highest BCUT2D eigenvalue weighted by Crippen LogP contribution is 2.27. The molecule has 2 aromatic rings. The van der Waals surface area contributed by atoms with Crippen LogP contribution in [-0.4, -0.2) is 60.6 Å². The van der Waals surface area contributed by atoms with Crippen LogP contribution in [-0.2, 0) is 38.9 Å². The first kappa shape index (κ1) is 22.9. The molecule has 0 spiro atoms. The Bertz CT molecular complexity index is 1120. The number of carbonyl (C=O) groups excluding carboxylic acids is 2. The number of fused-ring (bicyclic) bond motifs is 1. The van der Waals surface area contributed by atoms with Crippen molar-refractivity contribution in [1.82, 2.24) is 14.2 Å². The van der Waals surface area contributed by atoms with Crippen molar-refractivity contribution in [2.24, 2.45) is 5.92 Å². The van der Waals surface area contributed by atoms with Gasteiger partial charge in [0.1, 0.15) is 0 Å². The Morgan fingerprint density at radius 3 is 2.56 bits per heavy atom. The second-order valence-corrected chi connectivity index (χ2v) is 11.3. The Hall–Kier alpha value is -2.30. The third-order valence-electron chi connectivity index (χ3n) is 5.94. The van der Waals surface area contributed by atoms with Gasteiger partial charge in [0, 0.05) is 37.5 Å². The summed E-state index contributed by atoms with van der Waals surface area (Å²) in [6, 6.07) is 5.45. The quantitative estimate of drug-likeness (QED) is 0.690. The summed E-state index contributed by atoms with van der Waals surface area (Å²) in [4.78, 5) is 30.8. The van der Waals surface area contributed by atoms with Crippen LogP contribution in [0.4, 0.5) is 5.13 Å². The zero-order valence-corrected chi connectivity index (χ0v) is 20.0.